The average molecular weight is 320 g/mol. The van der Waals surface area contributed by atoms with E-state index in [4.69, 9.17) is 16.3 Å². The molecule has 1 aliphatic rings. The minimum absolute atomic E-state index is 0.0573. The number of halogens is 2. The Morgan fingerprint density at radius 2 is 2.23 bits per heavy atom. The average Bonchev–Trinajstić information content (AvgIpc) is 2.80. The second-order valence-corrected chi connectivity index (χ2v) is 5.15. The van der Waals surface area contributed by atoms with Crippen LogP contribution in [0.25, 0.3) is 11.8 Å². The molecule has 0 aliphatic carbocycles. The molecule has 0 amide bonds. The number of imidazole rings is 1. The first-order valence-electron chi connectivity index (χ1n) is 6.54. The van der Waals surface area contributed by atoms with Crippen molar-refractivity contribution in [3.8, 4) is 17.5 Å². The highest BCUT2D eigenvalue weighted by molar-refractivity contribution is 6.32. The fraction of sp³-hybridized carbons (Fsp3) is 0.200. The number of aromatic nitrogens is 2. The van der Waals surface area contributed by atoms with Crippen LogP contribution in [0.5, 0.6) is 5.75 Å². The smallest absolute Gasteiger partial charge is 0.334 e. The third-order valence-corrected chi connectivity index (χ3v) is 3.84. The number of nitriles is 1. The quantitative estimate of drug-likeness (QED) is 0.855. The van der Waals surface area contributed by atoms with Crippen molar-refractivity contribution in [2.75, 3.05) is 7.11 Å². The molecule has 3 rings (SSSR count). The molecule has 112 valence electrons. The monoisotopic (exact) mass is 319 g/mol. The normalized spacial score (nSPS) is 12.8. The topological polar surface area (TPSA) is 60.0 Å². The molecule has 0 atom stereocenters. The molecule has 0 radical (unpaired) electrons. The zero-order valence-corrected chi connectivity index (χ0v) is 12.4. The molecule has 2 aromatic rings. The number of methoxy groups -OCH3 is 1. The first kappa shape index (κ1) is 14.4. The summed E-state index contributed by atoms with van der Waals surface area (Å²) in [5, 5.41) is 9.48. The predicted octanol–water partition coefficient (Wildman–Crippen LogP) is 2.73. The standard InChI is InChI=1S/C15H11ClFN3O2/c1-22-14-7-12(10(17)6-9(14)16)20-13(8-18)11-4-2-3-5-19(11)15(20)21/h2,4,6-7H,3,5H2,1H3. The number of fused-ring (bicyclic) bond motifs is 1. The van der Waals surface area contributed by atoms with Crippen LogP contribution in [0.2, 0.25) is 5.02 Å². The van der Waals surface area contributed by atoms with Crippen LogP contribution >= 0.6 is 11.6 Å². The maximum absolute atomic E-state index is 14.3. The van der Waals surface area contributed by atoms with Crippen molar-refractivity contribution in [3.05, 3.63) is 50.9 Å². The zero-order chi connectivity index (χ0) is 15.9. The van der Waals surface area contributed by atoms with Crippen molar-refractivity contribution in [1.82, 2.24) is 9.13 Å². The lowest BCUT2D eigenvalue weighted by Crippen LogP contribution is -2.25. The lowest BCUT2D eigenvalue weighted by Gasteiger charge is -2.09. The SMILES string of the molecule is COc1cc(-n2c(C#N)c3n(c2=O)CCC=C3)c(F)cc1Cl. The summed E-state index contributed by atoms with van der Waals surface area (Å²) in [6.07, 6.45) is 4.26. The first-order chi connectivity index (χ1) is 10.6. The van der Waals surface area contributed by atoms with Crippen LogP contribution in [-0.4, -0.2) is 16.2 Å². The van der Waals surface area contributed by atoms with Gasteiger partial charge in [-0.2, -0.15) is 5.26 Å². The molecule has 0 unspecified atom stereocenters. The minimum atomic E-state index is -0.698. The van der Waals surface area contributed by atoms with E-state index in [-0.39, 0.29) is 22.2 Å². The van der Waals surface area contributed by atoms with E-state index in [0.717, 1.165) is 10.6 Å². The predicted molar refractivity (Wildman–Crippen MR) is 79.9 cm³/mol. The van der Waals surface area contributed by atoms with Crippen molar-refractivity contribution in [2.45, 2.75) is 13.0 Å². The lowest BCUT2D eigenvalue weighted by atomic mass is 10.2. The molecule has 0 N–H and O–H groups in total. The zero-order valence-electron chi connectivity index (χ0n) is 11.6. The van der Waals surface area contributed by atoms with Gasteiger partial charge in [0.2, 0.25) is 0 Å². The Balaban J connectivity index is 2.35. The van der Waals surface area contributed by atoms with E-state index in [1.165, 1.54) is 17.7 Å². The summed E-state index contributed by atoms with van der Waals surface area (Å²) < 4.78 is 21.8. The van der Waals surface area contributed by atoms with Crippen molar-refractivity contribution in [1.29, 1.82) is 5.26 Å². The van der Waals surface area contributed by atoms with E-state index >= 15 is 0 Å². The summed E-state index contributed by atoms with van der Waals surface area (Å²) in [6.45, 7) is 0.457. The summed E-state index contributed by atoms with van der Waals surface area (Å²) in [7, 11) is 1.39. The summed E-state index contributed by atoms with van der Waals surface area (Å²) >= 11 is 5.87. The van der Waals surface area contributed by atoms with Gasteiger partial charge in [-0.25, -0.2) is 13.8 Å². The first-order valence-corrected chi connectivity index (χ1v) is 6.92. The molecule has 2 heterocycles. The van der Waals surface area contributed by atoms with Crippen LogP contribution in [0.4, 0.5) is 4.39 Å². The van der Waals surface area contributed by atoms with Crippen LogP contribution < -0.4 is 10.4 Å². The fourth-order valence-electron chi connectivity index (χ4n) is 2.52. The van der Waals surface area contributed by atoms with Gasteiger partial charge in [0.15, 0.2) is 5.69 Å². The Bertz CT molecular complexity index is 890. The van der Waals surface area contributed by atoms with Gasteiger partial charge in [0.1, 0.15) is 17.6 Å². The van der Waals surface area contributed by atoms with Crippen LogP contribution in [0.3, 0.4) is 0 Å². The van der Waals surface area contributed by atoms with Gasteiger partial charge in [-0.1, -0.05) is 17.7 Å². The van der Waals surface area contributed by atoms with Gasteiger partial charge in [0, 0.05) is 12.6 Å². The van der Waals surface area contributed by atoms with E-state index in [9.17, 15) is 14.4 Å². The van der Waals surface area contributed by atoms with Crippen molar-refractivity contribution in [3.63, 3.8) is 0 Å². The molecule has 0 fully saturated rings. The van der Waals surface area contributed by atoms with E-state index in [0.29, 0.717) is 18.7 Å². The van der Waals surface area contributed by atoms with Crippen LogP contribution in [0.1, 0.15) is 17.8 Å². The molecule has 7 heteroatoms. The van der Waals surface area contributed by atoms with E-state index in [2.05, 4.69) is 0 Å². The second-order valence-electron chi connectivity index (χ2n) is 4.74. The van der Waals surface area contributed by atoms with E-state index < -0.39 is 11.5 Å². The molecule has 0 saturated carbocycles. The van der Waals surface area contributed by atoms with Crippen molar-refractivity contribution in [2.24, 2.45) is 0 Å². The minimum Gasteiger partial charge on any atom is -0.495 e. The summed E-state index contributed by atoms with van der Waals surface area (Å²) in [5.41, 5.74) is 0.0496. The Labute approximate surface area is 130 Å². The fourth-order valence-corrected chi connectivity index (χ4v) is 2.75. The van der Waals surface area contributed by atoms with Crippen LogP contribution in [0, 0.1) is 17.1 Å². The largest absolute Gasteiger partial charge is 0.495 e. The summed E-state index contributed by atoms with van der Waals surface area (Å²) in [5.74, 6) is -0.468. The number of hydrogen-bond acceptors (Lipinski definition) is 3. The van der Waals surface area contributed by atoms with Crippen LogP contribution in [0.15, 0.2) is 23.0 Å². The number of nitrogens with zero attached hydrogens (tertiary/aromatic N) is 3. The summed E-state index contributed by atoms with van der Waals surface area (Å²) in [6, 6.07) is 4.35. The third kappa shape index (κ3) is 2.02. The molecular weight excluding hydrogens is 309 g/mol. The van der Waals surface area contributed by atoms with Crippen molar-refractivity contribution >= 4 is 17.7 Å². The highest BCUT2D eigenvalue weighted by atomic mass is 35.5. The molecule has 1 aromatic heterocycles. The van der Waals surface area contributed by atoms with Crippen molar-refractivity contribution < 1.29 is 9.13 Å². The Kier molecular flexibility index (Phi) is 3.51. The van der Waals surface area contributed by atoms with Gasteiger partial charge in [0.05, 0.1) is 23.5 Å². The van der Waals surface area contributed by atoms with Gasteiger partial charge in [-0.15, -0.1) is 0 Å². The van der Waals surface area contributed by atoms with Gasteiger partial charge in [0.25, 0.3) is 0 Å². The summed E-state index contributed by atoms with van der Waals surface area (Å²) in [4.78, 5) is 12.5. The highest BCUT2D eigenvalue weighted by Crippen LogP contribution is 2.30. The van der Waals surface area contributed by atoms with E-state index in [1.807, 2.05) is 12.1 Å². The molecule has 5 nitrogen and oxygen atoms in total. The maximum Gasteiger partial charge on any atom is 0.334 e. The molecule has 22 heavy (non-hydrogen) atoms. The molecule has 1 aliphatic heterocycles. The lowest BCUT2D eigenvalue weighted by molar-refractivity contribution is 0.413. The molecular formula is C15H11ClFN3O2. The number of hydrogen-bond donors (Lipinski definition) is 0. The third-order valence-electron chi connectivity index (χ3n) is 3.54. The number of ether oxygens (including phenoxy) is 1. The van der Waals surface area contributed by atoms with Gasteiger partial charge < -0.3 is 4.74 Å². The Hall–Kier alpha value is -2.52. The van der Waals surface area contributed by atoms with E-state index in [1.54, 1.807) is 6.08 Å². The number of allylic oxidation sites excluding steroid dienone is 1. The second kappa shape index (κ2) is 5.35. The Morgan fingerprint density at radius 3 is 2.91 bits per heavy atom. The number of benzene rings is 1. The number of rotatable bonds is 2. The molecule has 0 bridgehead atoms. The highest BCUT2D eigenvalue weighted by Gasteiger charge is 2.23. The van der Waals surface area contributed by atoms with Gasteiger partial charge >= 0.3 is 5.69 Å². The van der Waals surface area contributed by atoms with Gasteiger partial charge in [-0.05, 0) is 18.6 Å². The van der Waals surface area contributed by atoms with Crippen LogP contribution in [-0.2, 0) is 6.54 Å². The molecule has 0 saturated heterocycles. The maximum atomic E-state index is 14.3. The molecule has 0 spiro atoms. The Morgan fingerprint density at radius 1 is 1.45 bits per heavy atom. The van der Waals surface area contributed by atoms with Gasteiger partial charge in [-0.3, -0.25) is 4.57 Å². The molecule has 1 aromatic carbocycles.